The Morgan fingerprint density at radius 1 is 2.00 bits per heavy atom. The number of alkyl halides is 2. The summed E-state index contributed by atoms with van der Waals surface area (Å²) in [4.78, 5) is 9.54. The van der Waals surface area contributed by atoms with E-state index in [2.05, 4.69) is 5.73 Å². The molecule has 2 nitrogen and oxygen atoms in total. The molecule has 4 heteroatoms. The molecule has 0 fully saturated rings. The second kappa shape index (κ2) is 2.33. The molecule has 0 aromatic carbocycles. The minimum atomic E-state index is -1.54. The topological polar surface area (TPSA) is 43.1 Å². The van der Waals surface area contributed by atoms with Crippen LogP contribution in [0, 0.1) is 0 Å². The van der Waals surface area contributed by atoms with E-state index in [0.717, 1.165) is 0 Å². The Morgan fingerprint density at radius 3 is 2.17 bits per heavy atom. The van der Waals surface area contributed by atoms with Gasteiger partial charge in [-0.1, -0.05) is 0 Å². The number of hydrogen-bond acceptors (Lipinski definition) is 1. The van der Waals surface area contributed by atoms with E-state index in [1.54, 1.807) is 0 Å². The van der Waals surface area contributed by atoms with Crippen molar-refractivity contribution in [3.8, 4) is 0 Å². The van der Waals surface area contributed by atoms with Gasteiger partial charge in [-0.15, -0.1) is 0 Å². The van der Waals surface area contributed by atoms with Crippen LogP contribution in [0.2, 0.25) is 0 Å². The minimum Gasteiger partial charge on any atom is -0.366 e. The minimum absolute atomic E-state index is 0.921. The average Bonchev–Trinajstić information content (AvgIpc) is 1.36. The summed E-state index contributed by atoms with van der Waals surface area (Å²) >= 11 is 1.29. The Balaban J connectivity index is 3.26. The molecule has 0 heterocycles. The molecule has 36 valence electrons. The summed E-state index contributed by atoms with van der Waals surface area (Å²) < 4.78 is 9.80. The fourth-order valence-corrected chi connectivity index (χ4v) is 0. The number of halogens is 2. The second-order valence-corrected chi connectivity index (χ2v) is 1.80. The number of nitrogens with two attached hydrogens (primary N) is 1. The molecule has 0 saturated carbocycles. The first-order valence-corrected chi connectivity index (χ1v) is 2.46. The third-order valence-corrected chi connectivity index (χ3v) is 0.829. The van der Waals surface area contributed by atoms with Gasteiger partial charge in [0.2, 0.25) is 4.18 Å². The Kier molecular flexibility index (Phi) is 2.38. The highest BCUT2D eigenvalue weighted by atomic mass is 127. The summed E-state index contributed by atoms with van der Waals surface area (Å²) in [5.74, 6) is -0.921. The first-order valence-electron chi connectivity index (χ1n) is 1.22. The van der Waals surface area contributed by atoms with Crippen LogP contribution in [0.1, 0.15) is 0 Å². The predicted octanol–water partition coefficient (Wildman–Crippen LogP) is 0.202. The molecule has 0 rings (SSSR count). The molecule has 2 N–H and O–H groups in total. The Bertz CT molecular complexity index is 64.6. The molecule has 1 amide bonds. The summed E-state index contributed by atoms with van der Waals surface area (Å²) in [5.41, 5.74) is 4.41. The number of primary amides is 1. The van der Waals surface area contributed by atoms with E-state index in [1.165, 1.54) is 22.6 Å². The van der Waals surface area contributed by atoms with Gasteiger partial charge < -0.3 is 5.73 Å². The van der Waals surface area contributed by atoms with Crippen molar-refractivity contribution in [1.82, 2.24) is 0 Å². The Morgan fingerprint density at radius 2 is 2.17 bits per heavy atom. The molecular weight excluding hydrogens is 200 g/mol. The van der Waals surface area contributed by atoms with Crippen LogP contribution in [0.15, 0.2) is 0 Å². The summed E-state index contributed by atoms with van der Waals surface area (Å²) in [6.07, 6.45) is 0. The standard InChI is InChI=1S/C2H3FINO/c3-1(4)2(5)6/h1H,(H2,5,6). The van der Waals surface area contributed by atoms with Crippen molar-refractivity contribution in [2.75, 3.05) is 0 Å². The van der Waals surface area contributed by atoms with Gasteiger partial charge >= 0.3 is 0 Å². The summed E-state index contributed by atoms with van der Waals surface area (Å²) in [5, 5.41) is 0. The van der Waals surface area contributed by atoms with E-state index in [4.69, 9.17) is 0 Å². The van der Waals surface area contributed by atoms with E-state index < -0.39 is 10.1 Å². The van der Waals surface area contributed by atoms with E-state index in [1.807, 2.05) is 0 Å². The van der Waals surface area contributed by atoms with Crippen molar-refractivity contribution in [3.63, 3.8) is 0 Å². The highest BCUT2D eigenvalue weighted by Gasteiger charge is 2.04. The Labute approximate surface area is 48.0 Å². The zero-order valence-corrected chi connectivity index (χ0v) is 4.98. The van der Waals surface area contributed by atoms with Gasteiger partial charge in [-0.2, -0.15) is 0 Å². The van der Waals surface area contributed by atoms with Crippen LogP contribution in [-0.4, -0.2) is 10.1 Å². The van der Waals surface area contributed by atoms with Crippen molar-refractivity contribution in [1.29, 1.82) is 0 Å². The van der Waals surface area contributed by atoms with Gasteiger partial charge in [0.15, 0.2) is 0 Å². The normalized spacial score (nSPS) is 13.7. The summed E-state index contributed by atoms with van der Waals surface area (Å²) in [6, 6.07) is 0. The fraction of sp³-hybridized carbons (Fsp3) is 0.500. The monoisotopic (exact) mass is 203 g/mol. The van der Waals surface area contributed by atoms with E-state index in [0.29, 0.717) is 0 Å². The van der Waals surface area contributed by atoms with Gasteiger partial charge in [0.05, 0.1) is 0 Å². The fourth-order valence-electron chi connectivity index (χ4n) is 0. The van der Waals surface area contributed by atoms with E-state index in [9.17, 15) is 9.18 Å². The number of hydrogen-bond donors (Lipinski definition) is 1. The zero-order valence-electron chi connectivity index (χ0n) is 2.82. The average molecular weight is 203 g/mol. The molecule has 0 aliphatic heterocycles. The van der Waals surface area contributed by atoms with Gasteiger partial charge in [-0.25, -0.2) is 4.39 Å². The molecule has 1 atom stereocenters. The first kappa shape index (κ1) is 6.13. The molecular formula is C2H3FINO. The van der Waals surface area contributed by atoms with Crippen LogP contribution >= 0.6 is 22.6 Å². The van der Waals surface area contributed by atoms with Gasteiger partial charge in [0, 0.05) is 0 Å². The smallest absolute Gasteiger partial charge is 0.262 e. The predicted molar refractivity (Wildman–Crippen MR) is 28.1 cm³/mol. The van der Waals surface area contributed by atoms with E-state index in [-0.39, 0.29) is 0 Å². The molecule has 0 aromatic heterocycles. The van der Waals surface area contributed by atoms with Crippen molar-refractivity contribution in [2.24, 2.45) is 5.73 Å². The third kappa shape index (κ3) is 2.37. The molecule has 0 aliphatic rings. The Hall–Kier alpha value is 0.130. The molecule has 0 aliphatic carbocycles. The third-order valence-electron chi connectivity index (χ3n) is 0.215. The second-order valence-electron chi connectivity index (χ2n) is 0.703. The SMILES string of the molecule is NC(=O)C(F)I. The highest BCUT2D eigenvalue weighted by molar-refractivity contribution is 14.1. The van der Waals surface area contributed by atoms with Crippen LogP contribution in [0.25, 0.3) is 0 Å². The molecule has 0 spiro atoms. The van der Waals surface area contributed by atoms with Gasteiger partial charge in [-0.05, 0) is 22.6 Å². The maximum Gasteiger partial charge on any atom is 0.262 e. The lowest BCUT2D eigenvalue weighted by atomic mass is 10.7. The molecule has 0 radical (unpaired) electrons. The van der Waals surface area contributed by atoms with Crippen LogP contribution in [0.3, 0.4) is 0 Å². The molecule has 0 bridgehead atoms. The number of rotatable bonds is 1. The van der Waals surface area contributed by atoms with Gasteiger partial charge in [0.1, 0.15) is 0 Å². The van der Waals surface area contributed by atoms with E-state index >= 15 is 0 Å². The number of amides is 1. The van der Waals surface area contributed by atoms with Crippen LogP contribution < -0.4 is 5.73 Å². The van der Waals surface area contributed by atoms with Crippen LogP contribution in [0.5, 0.6) is 0 Å². The lowest BCUT2D eigenvalue weighted by Gasteiger charge is -1.84. The highest BCUT2D eigenvalue weighted by Crippen LogP contribution is 1.97. The molecule has 0 saturated heterocycles. The lowest BCUT2D eigenvalue weighted by Crippen LogP contribution is -2.18. The number of carbonyl (C=O) groups excluding carboxylic acids is 1. The molecule has 1 unspecified atom stereocenters. The molecule has 6 heavy (non-hydrogen) atoms. The lowest BCUT2D eigenvalue weighted by molar-refractivity contribution is -0.119. The maximum atomic E-state index is 11.3. The van der Waals surface area contributed by atoms with Crippen molar-refractivity contribution < 1.29 is 9.18 Å². The van der Waals surface area contributed by atoms with Crippen LogP contribution in [-0.2, 0) is 4.79 Å². The van der Waals surface area contributed by atoms with Crippen LogP contribution in [0.4, 0.5) is 4.39 Å². The summed E-state index contributed by atoms with van der Waals surface area (Å²) in [7, 11) is 0. The van der Waals surface area contributed by atoms with Crippen molar-refractivity contribution in [2.45, 2.75) is 4.18 Å². The van der Waals surface area contributed by atoms with Crippen molar-refractivity contribution >= 4 is 28.5 Å². The maximum absolute atomic E-state index is 11.3. The molecule has 0 aromatic rings. The zero-order chi connectivity index (χ0) is 5.15. The summed E-state index contributed by atoms with van der Waals surface area (Å²) in [6.45, 7) is 0. The number of carbonyl (C=O) groups is 1. The van der Waals surface area contributed by atoms with Crippen molar-refractivity contribution in [3.05, 3.63) is 0 Å². The first-order chi connectivity index (χ1) is 2.64. The van der Waals surface area contributed by atoms with Gasteiger partial charge in [0.25, 0.3) is 5.91 Å². The quantitative estimate of drug-likeness (QED) is 0.480. The van der Waals surface area contributed by atoms with Gasteiger partial charge in [-0.3, -0.25) is 4.79 Å². The largest absolute Gasteiger partial charge is 0.366 e.